The van der Waals surface area contributed by atoms with Gasteiger partial charge in [0.15, 0.2) is 12.4 Å². The van der Waals surface area contributed by atoms with Crippen LogP contribution in [-0.2, 0) is 20.8 Å². The Morgan fingerprint density at radius 3 is 2.79 bits per heavy atom. The molecule has 12 heteroatoms. The third-order valence-electron chi connectivity index (χ3n) is 6.17. The van der Waals surface area contributed by atoms with Crippen LogP contribution in [0.3, 0.4) is 0 Å². The highest BCUT2D eigenvalue weighted by molar-refractivity contribution is 6.00. The van der Waals surface area contributed by atoms with Crippen molar-refractivity contribution >= 4 is 23.5 Å². The van der Waals surface area contributed by atoms with Crippen LogP contribution in [-0.4, -0.2) is 70.2 Å². The van der Waals surface area contributed by atoms with Crippen molar-refractivity contribution in [3.63, 3.8) is 0 Å². The van der Waals surface area contributed by atoms with Crippen LogP contribution in [0.5, 0.6) is 0 Å². The second kappa shape index (κ2) is 9.75. The van der Waals surface area contributed by atoms with Gasteiger partial charge in [-0.15, -0.1) is 5.10 Å². The lowest BCUT2D eigenvalue weighted by Crippen LogP contribution is -2.46. The Morgan fingerprint density at radius 1 is 1.32 bits per heavy atom. The molecule has 34 heavy (non-hydrogen) atoms. The van der Waals surface area contributed by atoms with Gasteiger partial charge in [-0.05, 0) is 30.9 Å². The number of aromatic nitrogens is 3. The molecule has 1 aromatic heterocycles. The molecule has 0 radical (unpaired) electrons. The summed E-state index contributed by atoms with van der Waals surface area (Å²) in [6.45, 7) is 1.24. The molecule has 2 saturated heterocycles. The molecule has 0 spiro atoms. The van der Waals surface area contributed by atoms with Gasteiger partial charge in [0.1, 0.15) is 6.10 Å². The molecule has 0 bridgehead atoms. The lowest BCUT2D eigenvalue weighted by Gasteiger charge is -2.36. The van der Waals surface area contributed by atoms with Crippen LogP contribution >= 0.6 is 0 Å². The third-order valence-corrected chi connectivity index (χ3v) is 6.17. The maximum atomic E-state index is 16.0. The minimum atomic E-state index is -0.786. The molecule has 2 aromatic rings. The highest BCUT2D eigenvalue weighted by Crippen LogP contribution is 2.38. The first-order chi connectivity index (χ1) is 16.3. The molecule has 2 N–H and O–H groups in total. The number of rotatable bonds is 7. The Balaban J connectivity index is 1.78. The predicted octanol–water partition coefficient (Wildman–Crippen LogP) is 1.63. The van der Waals surface area contributed by atoms with Crippen LogP contribution in [0.25, 0.3) is 0 Å². The van der Waals surface area contributed by atoms with Gasteiger partial charge in [0.25, 0.3) is 0 Å². The number of ketones is 1. The highest BCUT2D eigenvalue weighted by atomic mass is 19.1. The second-order valence-corrected chi connectivity index (χ2v) is 8.43. The lowest BCUT2D eigenvalue weighted by molar-refractivity contribution is -0.139. The molecule has 1 amide bonds. The summed E-state index contributed by atoms with van der Waals surface area (Å²) in [5, 5.41) is 7.65. The fraction of sp³-hybridized carbons (Fsp3) is 0.500. The summed E-state index contributed by atoms with van der Waals surface area (Å²) in [4.78, 5) is 39.9. The monoisotopic (exact) mass is 474 g/mol. The lowest BCUT2D eigenvalue weighted by atomic mass is 9.92. The average molecular weight is 474 g/mol. The first-order valence-electron chi connectivity index (χ1n) is 11.1. The molecule has 1 aromatic carbocycles. The van der Waals surface area contributed by atoms with Gasteiger partial charge in [-0.1, -0.05) is 11.3 Å². The van der Waals surface area contributed by atoms with Crippen molar-refractivity contribution in [2.24, 2.45) is 5.73 Å². The van der Waals surface area contributed by atoms with Crippen LogP contribution in [0.1, 0.15) is 48.1 Å². The van der Waals surface area contributed by atoms with E-state index in [1.54, 1.807) is 23.2 Å². The molecule has 0 saturated carbocycles. The van der Waals surface area contributed by atoms with E-state index in [2.05, 4.69) is 10.3 Å². The number of Topliss-reactive ketones (excluding diaryl/α,β-unsaturated/α-hetero) is 1. The summed E-state index contributed by atoms with van der Waals surface area (Å²) < 4.78 is 27.9. The number of anilines is 1. The third kappa shape index (κ3) is 4.58. The summed E-state index contributed by atoms with van der Waals surface area (Å²) in [5.41, 5.74) is 6.41. The molecule has 2 aliphatic heterocycles. The van der Waals surface area contributed by atoms with E-state index in [4.69, 9.17) is 15.2 Å². The minimum Gasteiger partial charge on any atom is -0.457 e. The molecule has 2 fully saturated rings. The number of carbonyl (C=O) groups is 3. The van der Waals surface area contributed by atoms with E-state index in [-0.39, 0.29) is 29.5 Å². The minimum absolute atomic E-state index is 0.151. The summed E-state index contributed by atoms with van der Waals surface area (Å²) in [6, 6.07) is 2.39. The van der Waals surface area contributed by atoms with E-state index in [1.807, 2.05) is 0 Å². The highest BCUT2D eigenvalue weighted by Gasteiger charge is 2.43. The zero-order valence-corrected chi connectivity index (χ0v) is 19.0. The summed E-state index contributed by atoms with van der Waals surface area (Å²) in [5.74, 6) is -2.15. The molecular weight excluding hydrogens is 447 g/mol. The van der Waals surface area contributed by atoms with Gasteiger partial charge in [-0.2, -0.15) is 0 Å². The topological polar surface area (TPSA) is 133 Å². The molecule has 11 nitrogen and oxygen atoms in total. The number of amides is 1. The molecule has 2 aliphatic rings. The number of nitrogens with zero attached hydrogens (tertiary/aromatic N) is 5. The zero-order valence-electron chi connectivity index (χ0n) is 19.0. The fourth-order valence-corrected chi connectivity index (χ4v) is 4.53. The summed E-state index contributed by atoms with van der Waals surface area (Å²) in [6.07, 6.45) is 3.82. The van der Waals surface area contributed by atoms with E-state index in [9.17, 15) is 14.4 Å². The second-order valence-electron chi connectivity index (χ2n) is 8.43. The number of piperidine rings is 1. The Bertz CT molecular complexity index is 1080. The van der Waals surface area contributed by atoms with Gasteiger partial charge in [0.2, 0.25) is 5.78 Å². The van der Waals surface area contributed by atoms with Crippen molar-refractivity contribution < 1.29 is 28.2 Å². The molecule has 4 rings (SSSR count). The predicted molar refractivity (Wildman–Crippen MR) is 117 cm³/mol. The van der Waals surface area contributed by atoms with Crippen molar-refractivity contribution in [2.75, 3.05) is 25.1 Å². The van der Waals surface area contributed by atoms with Crippen LogP contribution in [0.4, 0.5) is 14.9 Å². The van der Waals surface area contributed by atoms with Gasteiger partial charge in [-0.25, -0.2) is 13.9 Å². The SMILES string of the molecule is CC(=O)OCC(=O)c1c(C2C(Cn3ccnn3)OC(=O)N2C)ccc(N2CCCCC2N)c1F. The molecule has 3 atom stereocenters. The number of halogens is 1. The van der Waals surface area contributed by atoms with Crippen molar-refractivity contribution in [1.29, 1.82) is 0 Å². The number of cyclic esters (lactones) is 1. The number of hydrogen-bond acceptors (Lipinski definition) is 9. The van der Waals surface area contributed by atoms with Crippen LogP contribution in [0, 0.1) is 5.82 Å². The first kappa shape index (κ1) is 23.6. The maximum absolute atomic E-state index is 16.0. The van der Waals surface area contributed by atoms with Gasteiger partial charge in [0.05, 0.1) is 36.2 Å². The van der Waals surface area contributed by atoms with Crippen LogP contribution in [0.15, 0.2) is 24.5 Å². The smallest absolute Gasteiger partial charge is 0.410 e. The number of carbonyl (C=O) groups excluding carboxylic acids is 3. The van der Waals surface area contributed by atoms with Crippen molar-refractivity contribution in [2.45, 2.75) is 51.0 Å². The van der Waals surface area contributed by atoms with Gasteiger partial charge >= 0.3 is 12.1 Å². The van der Waals surface area contributed by atoms with E-state index < -0.39 is 42.4 Å². The Labute approximate surface area is 195 Å². The van der Waals surface area contributed by atoms with Crippen molar-refractivity contribution in [3.8, 4) is 0 Å². The number of hydrogen-bond donors (Lipinski definition) is 1. The van der Waals surface area contributed by atoms with E-state index >= 15 is 4.39 Å². The quantitative estimate of drug-likeness (QED) is 0.469. The number of nitrogens with two attached hydrogens (primary N) is 1. The van der Waals surface area contributed by atoms with Crippen molar-refractivity contribution in [3.05, 3.63) is 41.5 Å². The Hall–Kier alpha value is -3.54. The normalized spacial score (nSPS) is 22.6. The molecular formula is C22H27FN6O5. The average Bonchev–Trinajstić information content (AvgIpc) is 3.40. The van der Waals surface area contributed by atoms with E-state index in [1.165, 1.54) is 29.7 Å². The number of esters is 1. The number of benzene rings is 1. The van der Waals surface area contributed by atoms with Gasteiger partial charge in [0, 0.05) is 26.7 Å². The summed E-state index contributed by atoms with van der Waals surface area (Å²) in [7, 11) is 1.51. The zero-order chi connectivity index (χ0) is 24.4. The van der Waals surface area contributed by atoms with E-state index in [0.29, 0.717) is 13.0 Å². The van der Waals surface area contributed by atoms with Gasteiger partial charge in [-0.3, -0.25) is 9.59 Å². The van der Waals surface area contributed by atoms with E-state index in [0.717, 1.165) is 12.8 Å². The maximum Gasteiger partial charge on any atom is 0.410 e. The standard InChI is InChI=1S/C22H27FN6O5/c1-13(30)33-12-16(31)19-14(6-7-15(20(19)23)29-9-4-3-5-18(29)24)21-17(34-22(32)27(21)2)11-28-10-8-25-26-28/h6-8,10,17-18,21H,3-5,9,11-12,24H2,1-2H3. The largest absolute Gasteiger partial charge is 0.457 e. The molecule has 3 unspecified atom stereocenters. The Morgan fingerprint density at radius 2 is 2.12 bits per heavy atom. The summed E-state index contributed by atoms with van der Waals surface area (Å²) >= 11 is 0. The fourth-order valence-electron chi connectivity index (χ4n) is 4.53. The molecule has 0 aliphatic carbocycles. The number of likely N-dealkylation sites (N-methyl/N-ethyl adjacent to an activating group) is 1. The first-order valence-corrected chi connectivity index (χ1v) is 11.1. The van der Waals surface area contributed by atoms with Gasteiger partial charge < -0.3 is 25.0 Å². The molecule has 3 heterocycles. The number of ether oxygens (including phenoxy) is 2. The van der Waals surface area contributed by atoms with Crippen LogP contribution < -0.4 is 10.6 Å². The molecule has 182 valence electrons. The Kier molecular flexibility index (Phi) is 6.77. The van der Waals surface area contributed by atoms with Crippen LogP contribution in [0.2, 0.25) is 0 Å². The van der Waals surface area contributed by atoms with Crippen molar-refractivity contribution in [1.82, 2.24) is 19.9 Å².